The van der Waals surface area contributed by atoms with Crippen molar-refractivity contribution >= 4 is 17.3 Å². The van der Waals surface area contributed by atoms with E-state index in [1.54, 1.807) is 0 Å². The largest absolute Gasteiger partial charge is 0.478 e. The van der Waals surface area contributed by atoms with Gasteiger partial charge in [0, 0.05) is 6.04 Å². The van der Waals surface area contributed by atoms with Crippen LogP contribution in [0.1, 0.15) is 43.0 Å². The van der Waals surface area contributed by atoms with Crippen molar-refractivity contribution in [2.45, 2.75) is 38.6 Å². The molecule has 0 radical (unpaired) electrons. The summed E-state index contributed by atoms with van der Waals surface area (Å²) < 4.78 is 13.6. The van der Waals surface area contributed by atoms with Gasteiger partial charge >= 0.3 is 5.97 Å². The summed E-state index contributed by atoms with van der Waals surface area (Å²) in [4.78, 5) is 10.8. The van der Waals surface area contributed by atoms with Gasteiger partial charge in [0.1, 0.15) is 5.82 Å². The molecule has 2 rings (SSSR count). The molecule has 0 amide bonds. The molecule has 0 aromatic heterocycles. The van der Waals surface area contributed by atoms with Gasteiger partial charge in [0.05, 0.1) is 16.9 Å². The summed E-state index contributed by atoms with van der Waals surface area (Å²) in [6.07, 6.45) is 4.43. The van der Waals surface area contributed by atoms with Gasteiger partial charge < -0.3 is 16.2 Å². The molecule has 19 heavy (non-hydrogen) atoms. The Kier molecular flexibility index (Phi) is 3.93. The first-order valence-corrected chi connectivity index (χ1v) is 6.56. The zero-order valence-electron chi connectivity index (χ0n) is 10.9. The Bertz CT molecular complexity index is 491. The lowest BCUT2D eigenvalue weighted by molar-refractivity contribution is 0.0692. The molecule has 5 heteroatoms. The van der Waals surface area contributed by atoms with Gasteiger partial charge in [0.2, 0.25) is 0 Å². The number of anilines is 2. The predicted octanol–water partition coefficient (Wildman–Crippen LogP) is 3.10. The van der Waals surface area contributed by atoms with E-state index in [4.69, 9.17) is 10.8 Å². The Labute approximate surface area is 111 Å². The standard InChI is InChI=1S/C14H19FN2O2/c1-8-3-2-4-9(5-8)17-13-7-11(15)10(14(18)19)6-12(13)16/h6-9,17H,2-5,16H2,1H3,(H,18,19). The second-order valence-electron chi connectivity index (χ2n) is 5.34. The predicted molar refractivity (Wildman–Crippen MR) is 72.8 cm³/mol. The van der Waals surface area contributed by atoms with E-state index >= 15 is 0 Å². The number of aromatic carboxylic acids is 1. The summed E-state index contributed by atoms with van der Waals surface area (Å²) in [6, 6.07) is 2.63. The van der Waals surface area contributed by atoms with E-state index in [0.29, 0.717) is 11.6 Å². The number of carboxylic acids is 1. The van der Waals surface area contributed by atoms with Gasteiger partial charge in [-0.05, 0) is 30.9 Å². The van der Waals surface area contributed by atoms with Crippen molar-refractivity contribution in [1.29, 1.82) is 0 Å². The van der Waals surface area contributed by atoms with Crippen LogP contribution in [0.15, 0.2) is 12.1 Å². The molecule has 1 aliphatic rings. The summed E-state index contributed by atoms with van der Waals surface area (Å²) in [6.45, 7) is 2.20. The minimum absolute atomic E-state index is 0.275. The Morgan fingerprint density at radius 1 is 1.47 bits per heavy atom. The van der Waals surface area contributed by atoms with Crippen molar-refractivity contribution in [1.82, 2.24) is 0 Å². The molecule has 1 aromatic carbocycles. The molecule has 104 valence electrons. The van der Waals surface area contributed by atoms with E-state index in [2.05, 4.69) is 12.2 Å². The molecule has 2 atom stereocenters. The highest BCUT2D eigenvalue weighted by Crippen LogP contribution is 2.29. The van der Waals surface area contributed by atoms with Gasteiger partial charge in [-0.2, -0.15) is 0 Å². The van der Waals surface area contributed by atoms with Crippen molar-refractivity contribution < 1.29 is 14.3 Å². The lowest BCUT2D eigenvalue weighted by Gasteiger charge is -2.28. The number of carbonyl (C=O) groups is 1. The number of halogens is 1. The fourth-order valence-electron chi connectivity index (χ4n) is 2.66. The molecular formula is C14H19FN2O2. The van der Waals surface area contributed by atoms with Crippen molar-refractivity contribution in [3.63, 3.8) is 0 Å². The van der Waals surface area contributed by atoms with E-state index in [-0.39, 0.29) is 17.3 Å². The molecule has 1 fully saturated rings. The van der Waals surface area contributed by atoms with Crippen LogP contribution in [0, 0.1) is 11.7 Å². The average molecular weight is 266 g/mol. The number of hydrogen-bond acceptors (Lipinski definition) is 3. The van der Waals surface area contributed by atoms with Gasteiger partial charge in [-0.15, -0.1) is 0 Å². The van der Waals surface area contributed by atoms with Crippen molar-refractivity contribution in [2.24, 2.45) is 5.92 Å². The van der Waals surface area contributed by atoms with Crippen LogP contribution in [0.5, 0.6) is 0 Å². The van der Waals surface area contributed by atoms with Crippen LogP contribution in [0.4, 0.5) is 15.8 Å². The summed E-state index contributed by atoms with van der Waals surface area (Å²) >= 11 is 0. The molecule has 0 bridgehead atoms. The Morgan fingerprint density at radius 2 is 2.21 bits per heavy atom. The summed E-state index contributed by atoms with van der Waals surface area (Å²) in [7, 11) is 0. The van der Waals surface area contributed by atoms with E-state index < -0.39 is 11.8 Å². The molecule has 1 aliphatic carbocycles. The average Bonchev–Trinajstić information content (AvgIpc) is 2.33. The Hall–Kier alpha value is -1.78. The van der Waals surface area contributed by atoms with E-state index in [0.717, 1.165) is 19.3 Å². The number of nitrogen functional groups attached to an aromatic ring is 1. The van der Waals surface area contributed by atoms with Crippen LogP contribution in [0.25, 0.3) is 0 Å². The monoisotopic (exact) mass is 266 g/mol. The number of nitrogens with two attached hydrogens (primary N) is 1. The SMILES string of the molecule is CC1CCCC(Nc2cc(F)c(C(=O)O)cc2N)C1. The van der Waals surface area contributed by atoms with Crippen LogP contribution in [0.2, 0.25) is 0 Å². The van der Waals surface area contributed by atoms with E-state index in [1.807, 2.05) is 0 Å². The number of hydrogen-bond donors (Lipinski definition) is 3. The number of nitrogens with one attached hydrogen (secondary N) is 1. The second-order valence-corrected chi connectivity index (χ2v) is 5.34. The quantitative estimate of drug-likeness (QED) is 0.735. The van der Waals surface area contributed by atoms with Crippen LogP contribution < -0.4 is 11.1 Å². The third-order valence-electron chi connectivity index (χ3n) is 3.67. The van der Waals surface area contributed by atoms with E-state index in [9.17, 15) is 9.18 Å². The molecule has 1 saturated carbocycles. The fourth-order valence-corrected chi connectivity index (χ4v) is 2.66. The Balaban J connectivity index is 2.16. The lowest BCUT2D eigenvalue weighted by atomic mass is 9.87. The van der Waals surface area contributed by atoms with Gasteiger partial charge in [-0.25, -0.2) is 9.18 Å². The summed E-state index contributed by atoms with van der Waals surface area (Å²) in [5.41, 5.74) is 6.16. The van der Waals surface area contributed by atoms with Crippen LogP contribution in [-0.2, 0) is 0 Å². The van der Waals surface area contributed by atoms with E-state index in [1.165, 1.54) is 18.6 Å². The smallest absolute Gasteiger partial charge is 0.338 e. The first kappa shape index (κ1) is 13.6. The summed E-state index contributed by atoms with van der Waals surface area (Å²) in [5.74, 6) is -1.41. The molecule has 0 heterocycles. The minimum atomic E-state index is -1.30. The molecule has 2 unspecified atom stereocenters. The molecule has 0 aliphatic heterocycles. The van der Waals surface area contributed by atoms with Crippen molar-refractivity contribution in [2.75, 3.05) is 11.1 Å². The fraction of sp³-hybridized carbons (Fsp3) is 0.500. The third-order valence-corrected chi connectivity index (χ3v) is 3.67. The van der Waals surface area contributed by atoms with Gasteiger partial charge in [-0.1, -0.05) is 19.8 Å². The lowest BCUT2D eigenvalue weighted by Crippen LogP contribution is -2.26. The Morgan fingerprint density at radius 3 is 2.84 bits per heavy atom. The highest BCUT2D eigenvalue weighted by Gasteiger charge is 2.20. The maximum absolute atomic E-state index is 13.6. The highest BCUT2D eigenvalue weighted by atomic mass is 19.1. The molecule has 4 nitrogen and oxygen atoms in total. The normalized spacial score (nSPS) is 23.1. The molecular weight excluding hydrogens is 247 g/mol. The summed E-state index contributed by atoms with van der Waals surface area (Å²) in [5, 5.41) is 12.0. The zero-order valence-corrected chi connectivity index (χ0v) is 10.9. The van der Waals surface area contributed by atoms with Crippen molar-refractivity contribution in [3.05, 3.63) is 23.5 Å². The number of rotatable bonds is 3. The number of carboxylic acid groups (broad SMARTS) is 1. The molecule has 4 N–H and O–H groups in total. The molecule has 0 saturated heterocycles. The molecule has 1 aromatic rings. The molecule has 0 spiro atoms. The van der Waals surface area contributed by atoms with Crippen LogP contribution in [0.3, 0.4) is 0 Å². The maximum atomic E-state index is 13.6. The van der Waals surface area contributed by atoms with Crippen LogP contribution in [-0.4, -0.2) is 17.1 Å². The first-order valence-electron chi connectivity index (χ1n) is 6.56. The van der Waals surface area contributed by atoms with Gasteiger partial charge in [0.25, 0.3) is 0 Å². The second kappa shape index (κ2) is 5.47. The number of benzene rings is 1. The topological polar surface area (TPSA) is 75.3 Å². The first-order chi connectivity index (χ1) is 8.97. The zero-order chi connectivity index (χ0) is 14.0. The third kappa shape index (κ3) is 3.16. The van der Waals surface area contributed by atoms with Gasteiger partial charge in [-0.3, -0.25) is 0 Å². The van der Waals surface area contributed by atoms with Crippen LogP contribution >= 0.6 is 0 Å². The minimum Gasteiger partial charge on any atom is -0.478 e. The van der Waals surface area contributed by atoms with Gasteiger partial charge in [0.15, 0.2) is 0 Å². The van der Waals surface area contributed by atoms with Crippen molar-refractivity contribution in [3.8, 4) is 0 Å². The maximum Gasteiger partial charge on any atom is 0.338 e. The highest BCUT2D eigenvalue weighted by molar-refractivity contribution is 5.90.